The van der Waals surface area contributed by atoms with E-state index in [1.54, 1.807) is 24.2 Å². The third-order valence-corrected chi connectivity index (χ3v) is 10.5. The summed E-state index contributed by atoms with van der Waals surface area (Å²) in [4.78, 5) is 39.7. The largest absolute Gasteiger partial charge is 0.346 e. The molecule has 8 atom stereocenters. The second kappa shape index (κ2) is 8.12. The number of nitrogens with zero attached hydrogens (tertiary/aromatic N) is 3. The molecule has 3 saturated carbocycles. The molecule has 0 aromatic carbocycles. The van der Waals surface area contributed by atoms with Crippen LogP contribution >= 0.6 is 0 Å². The topological polar surface area (TPSA) is 91.0 Å². The lowest BCUT2D eigenvalue weighted by Crippen LogP contribution is -2.60. The summed E-state index contributed by atoms with van der Waals surface area (Å²) in [6, 6.07) is 3.62. The van der Waals surface area contributed by atoms with Crippen LogP contribution in [0.1, 0.15) is 71.2 Å². The number of nitrogens with one attached hydrogen (secondary N) is 2. The van der Waals surface area contributed by atoms with Crippen molar-refractivity contribution < 1.29 is 14.0 Å². The van der Waals surface area contributed by atoms with Crippen molar-refractivity contribution >= 4 is 23.0 Å². The number of fused-ring (bicyclic) bond motifs is 6. The van der Waals surface area contributed by atoms with Crippen molar-refractivity contribution in [3.8, 4) is 0 Å². The third kappa shape index (κ3) is 3.28. The molecule has 8 heteroatoms. The number of carbonyl (C=O) groups is 2. The molecule has 3 fully saturated rings. The molecule has 7 nitrogen and oxygen atoms in total. The maximum atomic E-state index is 14.6. The Balaban J connectivity index is 1.21. The van der Waals surface area contributed by atoms with Crippen LogP contribution in [0.3, 0.4) is 0 Å². The monoisotopic (exact) mass is 493 g/mol. The number of amides is 2. The number of halogens is 1. The second-order valence-corrected chi connectivity index (χ2v) is 12.1. The molecule has 36 heavy (non-hydrogen) atoms. The predicted octanol–water partition coefficient (Wildman–Crippen LogP) is 4.69. The van der Waals surface area contributed by atoms with Crippen molar-refractivity contribution in [3.63, 3.8) is 0 Å². The number of likely N-dealkylation sites (N-methyl/N-ethyl adjacent to an activating group) is 1. The fourth-order valence-corrected chi connectivity index (χ4v) is 8.71. The van der Waals surface area contributed by atoms with Crippen LogP contribution in [0.5, 0.6) is 0 Å². The molecular weight excluding hydrogens is 457 g/mol. The molecule has 0 radical (unpaired) electrons. The number of pyridine rings is 1. The fraction of sp³-hybridized carbons (Fsp3) is 0.643. The number of hydrogen-bond acceptors (Lipinski definition) is 4. The zero-order valence-electron chi connectivity index (χ0n) is 21.6. The number of aromatic nitrogens is 3. The number of H-pyrrole nitrogens is 1. The summed E-state index contributed by atoms with van der Waals surface area (Å²) in [5, 5.41) is 3.23. The van der Waals surface area contributed by atoms with E-state index in [0.717, 1.165) is 49.9 Å². The van der Waals surface area contributed by atoms with E-state index in [-0.39, 0.29) is 34.7 Å². The molecule has 3 aliphatic carbocycles. The Morgan fingerprint density at radius 3 is 2.81 bits per heavy atom. The predicted molar refractivity (Wildman–Crippen MR) is 134 cm³/mol. The van der Waals surface area contributed by atoms with Crippen LogP contribution in [-0.4, -0.2) is 44.8 Å². The van der Waals surface area contributed by atoms with Crippen LogP contribution < -0.4 is 5.32 Å². The van der Waals surface area contributed by atoms with Gasteiger partial charge in [-0.05, 0) is 86.8 Å². The summed E-state index contributed by atoms with van der Waals surface area (Å²) in [6.45, 7) is 6.43. The molecule has 2 aromatic rings. The lowest BCUT2D eigenvalue weighted by Gasteiger charge is -2.60. The highest BCUT2D eigenvalue weighted by molar-refractivity contribution is 5.92. The van der Waals surface area contributed by atoms with Crippen molar-refractivity contribution in [1.29, 1.82) is 0 Å². The van der Waals surface area contributed by atoms with Crippen LogP contribution in [0.4, 0.5) is 4.39 Å². The Bertz CT molecular complexity index is 1220. The Hall–Kier alpha value is -2.77. The van der Waals surface area contributed by atoms with Gasteiger partial charge in [0.25, 0.3) is 5.91 Å². The van der Waals surface area contributed by atoms with Gasteiger partial charge in [0.1, 0.15) is 5.82 Å². The minimum absolute atomic E-state index is 0.0400. The van der Waals surface area contributed by atoms with E-state index in [0.29, 0.717) is 23.4 Å². The van der Waals surface area contributed by atoms with Crippen molar-refractivity contribution in [2.75, 3.05) is 7.05 Å². The summed E-state index contributed by atoms with van der Waals surface area (Å²) in [5.74, 6) is 0.917. The fourth-order valence-electron chi connectivity index (χ4n) is 8.71. The van der Waals surface area contributed by atoms with E-state index < -0.39 is 11.7 Å². The van der Waals surface area contributed by atoms with Gasteiger partial charge in [-0.15, -0.1) is 0 Å². The van der Waals surface area contributed by atoms with Gasteiger partial charge in [0, 0.05) is 30.6 Å². The first-order valence-electron chi connectivity index (χ1n) is 13.4. The number of hydrogen-bond donors (Lipinski definition) is 2. The first-order valence-corrected chi connectivity index (χ1v) is 13.4. The summed E-state index contributed by atoms with van der Waals surface area (Å²) in [6.07, 6.45) is 9.11. The van der Waals surface area contributed by atoms with Crippen LogP contribution in [0.15, 0.2) is 30.2 Å². The zero-order valence-corrected chi connectivity index (χ0v) is 21.6. The minimum Gasteiger partial charge on any atom is -0.346 e. The van der Waals surface area contributed by atoms with Crippen molar-refractivity contribution in [3.05, 3.63) is 36.1 Å². The molecule has 0 saturated heterocycles. The van der Waals surface area contributed by atoms with Gasteiger partial charge in [0.2, 0.25) is 5.91 Å². The molecule has 0 spiro atoms. The van der Waals surface area contributed by atoms with E-state index >= 15 is 0 Å². The Morgan fingerprint density at radius 1 is 1.22 bits per heavy atom. The number of rotatable bonds is 3. The van der Waals surface area contributed by atoms with E-state index in [2.05, 4.69) is 34.1 Å². The molecule has 0 bridgehead atoms. The number of imidazole rings is 1. The normalized spacial score (nSPS) is 38.7. The number of carbonyl (C=O) groups excluding carboxylic acids is 2. The Kier molecular flexibility index (Phi) is 5.33. The van der Waals surface area contributed by atoms with Crippen molar-refractivity contribution in [2.45, 2.75) is 71.4 Å². The van der Waals surface area contributed by atoms with E-state index in [4.69, 9.17) is 0 Å². The van der Waals surface area contributed by atoms with Gasteiger partial charge < -0.3 is 15.2 Å². The number of aromatic amines is 1. The minimum atomic E-state index is -0.608. The van der Waals surface area contributed by atoms with Crippen LogP contribution in [0.2, 0.25) is 0 Å². The van der Waals surface area contributed by atoms with Gasteiger partial charge in [-0.1, -0.05) is 13.8 Å². The van der Waals surface area contributed by atoms with E-state index in [9.17, 15) is 14.0 Å². The van der Waals surface area contributed by atoms with Gasteiger partial charge in [0.15, 0.2) is 11.5 Å². The third-order valence-electron chi connectivity index (χ3n) is 10.5. The van der Waals surface area contributed by atoms with Crippen LogP contribution in [-0.2, 0) is 9.59 Å². The summed E-state index contributed by atoms with van der Waals surface area (Å²) in [5.41, 5.74) is 1.11. The highest BCUT2D eigenvalue weighted by Gasteiger charge is 2.62. The van der Waals surface area contributed by atoms with Gasteiger partial charge in [-0.3, -0.25) is 9.59 Å². The standard InChI is InChI=1S/C28H36FN5O2/c1-15(23-32-21-6-5-13-30-24(21)33-23)31-25(35)19-9-8-17-16-7-10-22-28(3,14-20(29)26(36)34(22)4)18(16)11-12-27(17,19)2/h5-6,13-19,22H,7-12H2,1-4H3,(H,31,35)(H,30,32,33)/t15-,16?,17?,18?,19-,22?,27?,28?/m1/s1. The molecule has 2 aromatic heterocycles. The first kappa shape index (κ1) is 23.6. The Morgan fingerprint density at radius 2 is 2.03 bits per heavy atom. The lowest BCUT2D eigenvalue weighted by molar-refractivity contribution is -0.145. The van der Waals surface area contributed by atoms with Crippen molar-refractivity contribution in [1.82, 2.24) is 25.2 Å². The maximum absolute atomic E-state index is 14.6. The summed E-state index contributed by atoms with van der Waals surface area (Å²) < 4.78 is 14.6. The molecule has 4 aliphatic rings. The highest BCUT2D eigenvalue weighted by Crippen LogP contribution is 2.65. The molecular formula is C28H36FN5O2. The molecule has 2 amide bonds. The quantitative estimate of drug-likeness (QED) is 0.649. The van der Waals surface area contributed by atoms with Gasteiger partial charge >= 0.3 is 0 Å². The van der Waals surface area contributed by atoms with E-state index in [1.165, 1.54) is 0 Å². The molecule has 6 rings (SSSR count). The lowest BCUT2D eigenvalue weighted by atomic mass is 9.47. The Labute approximate surface area is 211 Å². The molecule has 3 heterocycles. The maximum Gasteiger partial charge on any atom is 0.282 e. The van der Waals surface area contributed by atoms with Gasteiger partial charge in [-0.2, -0.15) is 0 Å². The molecule has 192 valence electrons. The average Bonchev–Trinajstić information content (AvgIpc) is 3.43. The molecule has 6 unspecified atom stereocenters. The second-order valence-electron chi connectivity index (χ2n) is 12.1. The smallest absolute Gasteiger partial charge is 0.282 e. The molecule has 1 aliphatic heterocycles. The molecule has 2 N–H and O–H groups in total. The first-order chi connectivity index (χ1) is 17.1. The zero-order chi connectivity index (χ0) is 25.4. The summed E-state index contributed by atoms with van der Waals surface area (Å²) >= 11 is 0. The van der Waals surface area contributed by atoms with Crippen LogP contribution in [0.25, 0.3) is 11.2 Å². The van der Waals surface area contributed by atoms with Crippen LogP contribution in [0, 0.1) is 34.5 Å². The summed E-state index contributed by atoms with van der Waals surface area (Å²) in [7, 11) is 1.75. The van der Waals surface area contributed by atoms with Gasteiger partial charge in [0.05, 0.1) is 11.6 Å². The average molecular weight is 494 g/mol. The van der Waals surface area contributed by atoms with Gasteiger partial charge in [-0.25, -0.2) is 14.4 Å². The van der Waals surface area contributed by atoms with E-state index in [1.807, 2.05) is 19.1 Å². The SMILES string of the molecule is C[C@@H](NC(=O)[C@H]1CCC2C3CCC4N(C)C(=O)C(F)=CC4(C)C3CCC21C)c1nc2ncccc2[nH]1. The highest BCUT2D eigenvalue weighted by atomic mass is 19.1. The van der Waals surface area contributed by atoms with Crippen molar-refractivity contribution in [2.24, 2.45) is 34.5 Å².